The third-order valence-corrected chi connectivity index (χ3v) is 4.06. The first-order valence-corrected chi connectivity index (χ1v) is 6.85. The van der Waals surface area contributed by atoms with Gasteiger partial charge in [0.05, 0.1) is 12.5 Å². The molecular formula is C13H23N3O2. The van der Waals surface area contributed by atoms with Crippen LogP contribution < -0.4 is 5.32 Å². The predicted octanol–water partition coefficient (Wildman–Crippen LogP) is 0.0652. The molecule has 2 fully saturated rings. The summed E-state index contributed by atoms with van der Waals surface area (Å²) >= 11 is 0. The Morgan fingerprint density at radius 3 is 2.83 bits per heavy atom. The molecule has 18 heavy (non-hydrogen) atoms. The zero-order valence-corrected chi connectivity index (χ0v) is 11.3. The van der Waals surface area contributed by atoms with E-state index in [1.165, 1.54) is 0 Å². The molecule has 0 aliphatic carbocycles. The Balaban J connectivity index is 2.01. The van der Waals surface area contributed by atoms with Gasteiger partial charge >= 0.3 is 0 Å². The second kappa shape index (κ2) is 5.69. The van der Waals surface area contributed by atoms with Crippen molar-refractivity contribution in [2.75, 3.05) is 33.2 Å². The van der Waals surface area contributed by atoms with Gasteiger partial charge in [-0.3, -0.25) is 9.59 Å². The van der Waals surface area contributed by atoms with Gasteiger partial charge in [0.1, 0.15) is 0 Å². The van der Waals surface area contributed by atoms with Gasteiger partial charge < -0.3 is 15.1 Å². The molecule has 2 unspecified atom stereocenters. The van der Waals surface area contributed by atoms with E-state index >= 15 is 0 Å². The summed E-state index contributed by atoms with van der Waals surface area (Å²) in [6.07, 6.45) is 2.86. The molecule has 2 amide bonds. The molecule has 0 aromatic carbocycles. The maximum atomic E-state index is 12.5. The lowest BCUT2D eigenvalue weighted by Crippen LogP contribution is -2.49. The van der Waals surface area contributed by atoms with E-state index in [4.69, 9.17) is 0 Å². The first kappa shape index (κ1) is 13.3. The van der Waals surface area contributed by atoms with Crippen molar-refractivity contribution in [1.82, 2.24) is 15.1 Å². The van der Waals surface area contributed by atoms with Crippen molar-refractivity contribution >= 4 is 11.8 Å². The largest absolute Gasteiger partial charge is 0.344 e. The standard InChI is InChI=1S/C13H23N3O2/c1-10-11(5-3-6-14-10)13(18)16-8-4-7-15(2)12(17)9-16/h10-11,14H,3-9H2,1-2H3. The number of carbonyl (C=O) groups is 2. The summed E-state index contributed by atoms with van der Waals surface area (Å²) in [6, 6.07) is 0.224. The van der Waals surface area contributed by atoms with Gasteiger partial charge in [-0.15, -0.1) is 0 Å². The van der Waals surface area contributed by atoms with Crippen molar-refractivity contribution in [1.29, 1.82) is 0 Å². The Morgan fingerprint density at radius 1 is 1.33 bits per heavy atom. The molecular weight excluding hydrogens is 230 g/mol. The van der Waals surface area contributed by atoms with Crippen molar-refractivity contribution in [3.63, 3.8) is 0 Å². The number of nitrogens with zero attached hydrogens (tertiary/aromatic N) is 2. The predicted molar refractivity (Wildman–Crippen MR) is 69.0 cm³/mol. The van der Waals surface area contributed by atoms with E-state index in [-0.39, 0.29) is 30.3 Å². The molecule has 2 aliphatic heterocycles. The van der Waals surface area contributed by atoms with Crippen molar-refractivity contribution in [3.05, 3.63) is 0 Å². The van der Waals surface area contributed by atoms with Gasteiger partial charge in [0, 0.05) is 26.2 Å². The van der Waals surface area contributed by atoms with E-state index < -0.39 is 0 Å². The fourth-order valence-corrected chi connectivity index (χ4v) is 2.79. The molecule has 0 aromatic rings. The van der Waals surface area contributed by atoms with Crippen molar-refractivity contribution in [3.8, 4) is 0 Å². The monoisotopic (exact) mass is 253 g/mol. The molecule has 0 radical (unpaired) electrons. The first-order valence-electron chi connectivity index (χ1n) is 6.85. The van der Waals surface area contributed by atoms with Gasteiger partial charge in [0.25, 0.3) is 0 Å². The Morgan fingerprint density at radius 2 is 2.11 bits per heavy atom. The summed E-state index contributed by atoms with van der Waals surface area (Å²) in [5.74, 6) is 0.241. The smallest absolute Gasteiger partial charge is 0.241 e. The van der Waals surface area contributed by atoms with E-state index in [1.54, 1.807) is 16.8 Å². The Kier molecular flexibility index (Phi) is 4.22. The second-order valence-electron chi connectivity index (χ2n) is 5.42. The third-order valence-electron chi connectivity index (χ3n) is 4.06. The molecule has 2 saturated heterocycles. The zero-order valence-electron chi connectivity index (χ0n) is 11.3. The highest BCUT2D eigenvalue weighted by atomic mass is 16.2. The summed E-state index contributed by atoms with van der Waals surface area (Å²) < 4.78 is 0. The highest BCUT2D eigenvalue weighted by molar-refractivity contribution is 5.86. The van der Waals surface area contributed by atoms with Gasteiger partial charge in [-0.1, -0.05) is 0 Å². The van der Waals surface area contributed by atoms with Crippen LogP contribution in [0.25, 0.3) is 0 Å². The molecule has 2 aliphatic rings. The minimum atomic E-state index is 0.0370. The lowest BCUT2D eigenvalue weighted by Gasteiger charge is -2.32. The Labute approximate surface area is 108 Å². The first-order chi connectivity index (χ1) is 8.59. The van der Waals surface area contributed by atoms with E-state index in [0.717, 1.165) is 32.4 Å². The van der Waals surface area contributed by atoms with Crippen LogP contribution in [0.5, 0.6) is 0 Å². The quantitative estimate of drug-likeness (QED) is 0.719. The van der Waals surface area contributed by atoms with Crippen LogP contribution in [-0.2, 0) is 9.59 Å². The van der Waals surface area contributed by atoms with Crippen molar-refractivity contribution in [2.24, 2.45) is 5.92 Å². The van der Waals surface area contributed by atoms with Crippen LogP contribution in [0, 0.1) is 5.92 Å². The minimum Gasteiger partial charge on any atom is -0.344 e. The number of hydrogen-bond donors (Lipinski definition) is 1. The van der Waals surface area contributed by atoms with Crippen LogP contribution in [0.4, 0.5) is 0 Å². The molecule has 0 saturated carbocycles. The van der Waals surface area contributed by atoms with E-state index in [9.17, 15) is 9.59 Å². The maximum Gasteiger partial charge on any atom is 0.241 e. The van der Waals surface area contributed by atoms with Crippen LogP contribution in [-0.4, -0.2) is 60.9 Å². The minimum absolute atomic E-state index is 0.0370. The number of piperidine rings is 1. The van der Waals surface area contributed by atoms with Gasteiger partial charge in [-0.05, 0) is 32.7 Å². The summed E-state index contributed by atoms with van der Waals surface area (Å²) in [7, 11) is 1.81. The molecule has 1 N–H and O–H groups in total. The van der Waals surface area contributed by atoms with Crippen LogP contribution >= 0.6 is 0 Å². The zero-order chi connectivity index (χ0) is 13.1. The summed E-state index contributed by atoms with van der Waals surface area (Å²) in [5, 5.41) is 3.34. The third kappa shape index (κ3) is 2.83. The van der Waals surface area contributed by atoms with Gasteiger partial charge in [-0.25, -0.2) is 0 Å². The fourth-order valence-electron chi connectivity index (χ4n) is 2.79. The van der Waals surface area contributed by atoms with Gasteiger partial charge in [0.15, 0.2) is 0 Å². The molecule has 5 nitrogen and oxygen atoms in total. The number of likely N-dealkylation sites (N-methyl/N-ethyl adjacent to an activating group) is 1. The molecule has 0 bridgehead atoms. The Bertz CT molecular complexity index is 332. The molecule has 0 aromatic heterocycles. The molecule has 5 heteroatoms. The van der Waals surface area contributed by atoms with Crippen LogP contribution in [0.3, 0.4) is 0 Å². The molecule has 102 valence electrons. The lowest BCUT2D eigenvalue weighted by molar-refractivity contribution is -0.142. The van der Waals surface area contributed by atoms with Gasteiger partial charge in [-0.2, -0.15) is 0 Å². The van der Waals surface area contributed by atoms with E-state index in [2.05, 4.69) is 12.2 Å². The SMILES string of the molecule is CC1NCCCC1C(=O)N1CCCN(C)C(=O)C1. The van der Waals surface area contributed by atoms with Crippen molar-refractivity contribution < 1.29 is 9.59 Å². The summed E-state index contributed by atoms with van der Waals surface area (Å²) in [6.45, 7) is 4.76. The number of nitrogens with one attached hydrogen (secondary N) is 1. The second-order valence-corrected chi connectivity index (χ2v) is 5.42. The van der Waals surface area contributed by atoms with Crippen molar-refractivity contribution in [2.45, 2.75) is 32.2 Å². The Hall–Kier alpha value is -1.10. The summed E-state index contributed by atoms with van der Waals surface area (Å²) in [5.41, 5.74) is 0. The van der Waals surface area contributed by atoms with Crippen LogP contribution in [0.2, 0.25) is 0 Å². The average Bonchev–Trinajstić information content (AvgIpc) is 2.52. The van der Waals surface area contributed by atoms with E-state index in [1.807, 2.05) is 0 Å². The average molecular weight is 253 g/mol. The normalized spacial score (nSPS) is 30.2. The fraction of sp³-hybridized carbons (Fsp3) is 0.846. The number of carbonyl (C=O) groups excluding carboxylic acids is 2. The number of rotatable bonds is 1. The van der Waals surface area contributed by atoms with Crippen LogP contribution in [0.15, 0.2) is 0 Å². The van der Waals surface area contributed by atoms with Gasteiger partial charge in [0.2, 0.25) is 11.8 Å². The molecule has 0 spiro atoms. The highest BCUT2D eigenvalue weighted by Gasteiger charge is 2.32. The maximum absolute atomic E-state index is 12.5. The molecule has 2 heterocycles. The lowest BCUT2D eigenvalue weighted by atomic mass is 9.90. The topological polar surface area (TPSA) is 52.7 Å². The molecule has 2 rings (SSSR count). The highest BCUT2D eigenvalue weighted by Crippen LogP contribution is 2.20. The van der Waals surface area contributed by atoms with E-state index in [0.29, 0.717) is 6.54 Å². The molecule has 2 atom stereocenters. The number of amides is 2. The van der Waals surface area contributed by atoms with Crippen LogP contribution in [0.1, 0.15) is 26.2 Å². The number of hydrogen-bond acceptors (Lipinski definition) is 3. The summed E-state index contributed by atoms with van der Waals surface area (Å²) in [4.78, 5) is 27.8.